The van der Waals surface area contributed by atoms with Crippen LogP contribution in [0.2, 0.25) is 5.02 Å². The van der Waals surface area contributed by atoms with Crippen LogP contribution in [0.25, 0.3) is 0 Å². The van der Waals surface area contributed by atoms with E-state index in [1.54, 1.807) is 12.1 Å². The monoisotopic (exact) mass is 311 g/mol. The predicted octanol–water partition coefficient (Wildman–Crippen LogP) is 3.97. The molecule has 2 aromatic rings. The maximum absolute atomic E-state index is 13.9. The van der Waals surface area contributed by atoms with Gasteiger partial charge in [0.1, 0.15) is 17.4 Å². The summed E-state index contributed by atoms with van der Waals surface area (Å²) in [4.78, 5) is 10.1. The fourth-order valence-corrected chi connectivity index (χ4v) is 1.95. The number of hydrogen-bond donors (Lipinski definition) is 0. The molecule has 21 heavy (non-hydrogen) atoms. The van der Waals surface area contributed by atoms with Crippen LogP contribution in [0, 0.1) is 15.9 Å². The molecule has 0 aliphatic carbocycles. The van der Waals surface area contributed by atoms with Crippen molar-refractivity contribution in [2.45, 2.75) is 6.61 Å². The first-order chi connectivity index (χ1) is 10.0. The van der Waals surface area contributed by atoms with E-state index in [4.69, 9.17) is 21.1 Å². The molecule has 0 N–H and O–H groups in total. The zero-order chi connectivity index (χ0) is 15.4. The van der Waals surface area contributed by atoms with Crippen LogP contribution in [0.4, 0.5) is 10.1 Å². The van der Waals surface area contributed by atoms with Gasteiger partial charge in [0, 0.05) is 17.7 Å². The zero-order valence-corrected chi connectivity index (χ0v) is 11.8. The first kappa shape index (κ1) is 15.1. The molecule has 0 saturated heterocycles. The molecule has 0 aliphatic heterocycles. The van der Waals surface area contributed by atoms with Gasteiger partial charge in [-0.15, -0.1) is 0 Å². The van der Waals surface area contributed by atoms with Gasteiger partial charge in [-0.25, -0.2) is 4.39 Å². The Morgan fingerprint density at radius 3 is 2.71 bits per heavy atom. The van der Waals surface area contributed by atoms with Crippen molar-refractivity contribution in [2.75, 3.05) is 7.11 Å². The number of nitro benzene ring substituents is 1. The van der Waals surface area contributed by atoms with Crippen LogP contribution in [-0.4, -0.2) is 12.0 Å². The molecular weight excluding hydrogens is 301 g/mol. The molecule has 0 spiro atoms. The molecule has 0 unspecified atom stereocenters. The van der Waals surface area contributed by atoms with Crippen molar-refractivity contribution in [3.63, 3.8) is 0 Å². The minimum absolute atomic E-state index is 0.0383. The first-order valence-corrected chi connectivity index (χ1v) is 6.29. The van der Waals surface area contributed by atoms with Crippen LogP contribution in [0.3, 0.4) is 0 Å². The Hall–Kier alpha value is -2.34. The molecule has 0 aromatic heterocycles. The standard InChI is InChI=1S/C14H11ClFNO4/c1-20-13-4-2-3-9(14(13)16)8-21-10-5-6-12(17(18)19)11(15)7-10/h2-7H,8H2,1H3. The summed E-state index contributed by atoms with van der Waals surface area (Å²) in [5, 5.41) is 10.6. The minimum Gasteiger partial charge on any atom is -0.494 e. The van der Waals surface area contributed by atoms with Gasteiger partial charge < -0.3 is 9.47 Å². The molecular formula is C14H11ClFNO4. The molecule has 0 heterocycles. The predicted molar refractivity (Wildman–Crippen MR) is 75.4 cm³/mol. The maximum Gasteiger partial charge on any atom is 0.288 e. The van der Waals surface area contributed by atoms with Crippen molar-refractivity contribution in [2.24, 2.45) is 0 Å². The largest absolute Gasteiger partial charge is 0.494 e. The molecule has 110 valence electrons. The van der Waals surface area contributed by atoms with Crippen molar-refractivity contribution >= 4 is 17.3 Å². The summed E-state index contributed by atoms with van der Waals surface area (Å²) in [5.41, 5.74) is 0.0976. The van der Waals surface area contributed by atoms with Crippen LogP contribution in [-0.2, 0) is 6.61 Å². The highest BCUT2D eigenvalue weighted by atomic mass is 35.5. The molecule has 7 heteroatoms. The summed E-state index contributed by atoms with van der Waals surface area (Å²) in [6, 6.07) is 8.66. The summed E-state index contributed by atoms with van der Waals surface area (Å²) >= 11 is 5.77. The van der Waals surface area contributed by atoms with E-state index in [0.717, 1.165) is 0 Å². The molecule has 0 atom stereocenters. The highest BCUT2D eigenvalue weighted by molar-refractivity contribution is 6.32. The summed E-state index contributed by atoms with van der Waals surface area (Å²) in [5.74, 6) is -0.0707. The normalized spacial score (nSPS) is 10.2. The van der Waals surface area contributed by atoms with Crippen molar-refractivity contribution < 1.29 is 18.8 Å². The molecule has 2 aromatic carbocycles. The average Bonchev–Trinajstić information content (AvgIpc) is 2.46. The Morgan fingerprint density at radius 1 is 1.33 bits per heavy atom. The van der Waals surface area contributed by atoms with Gasteiger partial charge in [-0.2, -0.15) is 0 Å². The first-order valence-electron chi connectivity index (χ1n) is 5.91. The fourth-order valence-electron chi connectivity index (χ4n) is 1.71. The highest BCUT2D eigenvalue weighted by Gasteiger charge is 2.13. The Morgan fingerprint density at radius 2 is 2.10 bits per heavy atom. The van der Waals surface area contributed by atoms with Gasteiger partial charge in [0.15, 0.2) is 11.6 Å². The third-order valence-corrected chi connectivity index (χ3v) is 3.08. The van der Waals surface area contributed by atoms with Crippen molar-refractivity contribution in [1.82, 2.24) is 0 Å². The molecule has 5 nitrogen and oxygen atoms in total. The zero-order valence-electron chi connectivity index (χ0n) is 11.0. The van der Waals surface area contributed by atoms with Gasteiger partial charge >= 0.3 is 0 Å². The number of hydrogen-bond acceptors (Lipinski definition) is 4. The van der Waals surface area contributed by atoms with Crippen molar-refractivity contribution in [3.05, 3.63) is 62.9 Å². The number of nitrogens with zero attached hydrogens (tertiary/aromatic N) is 1. The van der Waals surface area contributed by atoms with Gasteiger partial charge in [-0.05, 0) is 12.1 Å². The summed E-state index contributed by atoms with van der Waals surface area (Å²) in [6.45, 7) is -0.0445. The number of nitro groups is 1. The van der Waals surface area contributed by atoms with E-state index in [-0.39, 0.29) is 23.1 Å². The lowest BCUT2D eigenvalue weighted by Gasteiger charge is -2.09. The van der Waals surface area contributed by atoms with Crippen LogP contribution in [0.15, 0.2) is 36.4 Å². The molecule has 0 amide bonds. The van der Waals surface area contributed by atoms with E-state index in [9.17, 15) is 14.5 Å². The third kappa shape index (κ3) is 3.41. The smallest absolute Gasteiger partial charge is 0.288 e. The van der Waals surface area contributed by atoms with Gasteiger partial charge in [0.2, 0.25) is 0 Å². The van der Waals surface area contributed by atoms with Crippen LogP contribution >= 0.6 is 11.6 Å². The van der Waals surface area contributed by atoms with E-state index < -0.39 is 10.7 Å². The van der Waals surface area contributed by atoms with Crippen LogP contribution in [0.1, 0.15) is 5.56 Å². The summed E-state index contributed by atoms with van der Waals surface area (Å²) in [6.07, 6.45) is 0. The van der Waals surface area contributed by atoms with E-state index >= 15 is 0 Å². The lowest BCUT2D eigenvalue weighted by molar-refractivity contribution is -0.384. The second-order valence-corrected chi connectivity index (χ2v) is 4.50. The maximum atomic E-state index is 13.9. The van der Waals surface area contributed by atoms with E-state index in [1.165, 1.54) is 31.4 Å². The van der Waals surface area contributed by atoms with Gasteiger partial charge in [-0.1, -0.05) is 23.7 Å². The van der Waals surface area contributed by atoms with E-state index in [0.29, 0.717) is 11.3 Å². The topological polar surface area (TPSA) is 61.6 Å². The van der Waals surface area contributed by atoms with Gasteiger partial charge in [0.05, 0.1) is 12.0 Å². The fraction of sp³-hybridized carbons (Fsp3) is 0.143. The van der Waals surface area contributed by atoms with Gasteiger partial charge in [0.25, 0.3) is 5.69 Å². The number of rotatable bonds is 5. The van der Waals surface area contributed by atoms with Crippen LogP contribution in [0.5, 0.6) is 11.5 Å². The van der Waals surface area contributed by atoms with E-state index in [1.807, 2.05) is 0 Å². The average molecular weight is 312 g/mol. The SMILES string of the molecule is COc1cccc(COc2ccc([N+](=O)[O-])c(Cl)c2)c1F. The Bertz CT molecular complexity index is 678. The molecule has 0 aliphatic rings. The minimum atomic E-state index is -0.589. The molecule has 2 rings (SSSR count). The quantitative estimate of drug-likeness (QED) is 0.619. The van der Waals surface area contributed by atoms with Crippen molar-refractivity contribution in [3.8, 4) is 11.5 Å². The molecule has 0 fully saturated rings. The number of ether oxygens (including phenoxy) is 2. The lowest BCUT2D eigenvalue weighted by atomic mass is 10.2. The number of halogens is 2. The molecule has 0 radical (unpaired) electrons. The van der Waals surface area contributed by atoms with Crippen LogP contribution < -0.4 is 9.47 Å². The molecule has 0 saturated carbocycles. The Balaban J connectivity index is 2.14. The summed E-state index contributed by atoms with van der Waals surface area (Å²) in [7, 11) is 1.37. The third-order valence-electron chi connectivity index (χ3n) is 2.77. The van der Waals surface area contributed by atoms with Gasteiger partial charge in [-0.3, -0.25) is 10.1 Å². The second-order valence-electron chi connectivity index (χ2n) is 4.09. The lowest BCUT2D eigenvalue weighted by Crippen LogP contribution is -2.00. The number of benzene rings is 2. The highest BCUT2D eigenvalue weighted by Crippen LogP contribution is 2.29. The Labute approximate surface area is 125 Å². The summed E-state index contributed by atoms with van der Waals surface area (Å²) < 4.78 is 24.2. The number of methoxy groups -OCH3 is 1. The van der Waals surface area contributed by atoms with Crippen molar-refractivity contribution in [1.29, 1.82) is 0 Å². The van der Waals surface area contributed by atoms with E-state index in [2.05, 4.69) is 0 Å². The molecule has 0 bridgehead atoms. The Kier molecular flexibility index (Phi) is 4.59. The second kappa shape index (κ2) is 6.41.